The van der Waals surface area contributed by atoms with Gasteiger partial charge in [0, 0.05) is 12.8 Å². The summed E-state index contributed by atoms with van der Waals surface area (Å²) in [5.41, 5.74) is -0.368. The third-order valence-electron chi connectivity index (χ3n) is 3.26. The first-order chi connectivity index (χ1) is 11.5. The van der Waals surface area contributed by atoms with Gasteiger partial charge in [-0.15, -0.1) is 0 Å². The summed E-state index contributed by atoms with van der Waals surface area (Å²) in [6, 6.07) is 2.36. The number of ether oxygens (including phenoxy) is 1. The summed E-state index contributed by atoms with van der Waals surface area (Å²) >= 11 is 0. The van der Waals surface area contributed by atoms with Crippen molar-refractivity contribution in [1.82, 2.24) is 9.61 Å². The number of halogens is 6. The van der Waals surface area contributed by atoms with Crippen molar-refractivity contribution in [3.63, 3.8) is 0 Å². The molecule has 1 N–H and O–H groups in total. The highest BCUT2D eigenvalue weighted by Crippen LogP contribution is 2.29. The molecule has 0 aliphatic carbocycles. The van der Waals surface area contributed by atoms with Crippen molar-refractivity contribution >= 4 is 11.5 Å². The number of rotatable bonds is 6. The van der Waals surface area contributed by atoms with Gasteiger partial charge in [0.05, 0.1) is 30.4 Å². The third kappa shape index (κ3) is 5.00. The molecule has 0 amide bonds. The number of carboxylic acid groups (broad SMARTS) is 1. The average Bonchev–Trinajstić information content (AvgIpc) is 2.87. The molecule has 0 bridgehead atoms. The van der Waals surface area contributed by atoms with Crippen LogP contribution in [0.2, 0.25) is 0 Å². The smallest absolute Gasteiger partial charge is 0.392 e. The Kier molecular flexibility index (Phi) is 5.14. The van der Waals surface area contributed by atoms with Crippen LogP contribution in [0.25, 0.3) is 5.52 Å². The lowest BCUT2D eigenvalue weighted by atomic mass is 10.1. The van der Waals surface area contributed by atoms with Crippen LogP contribution in [0, 0.1) is 0 Å². The predicted octanol–water partition coefficient (Wildman–Crippen LogP) is 3.86. The zero-order valence-electron chi connectivity index (χ0n) is 12.5. The van der Waals surface area contributed by atoms with E-state index in [1.165, 1.54) is 6.07 Å². The summed E-state index contributed by atoms with van der Waals surface area (Å²) in [4.78, 5) is 11.1. The fourth-order valence-corrected chi connectivity index (χ4v) is 2.15. The molecule has 0 atom stereocenters. The van der Waals surface area contributed by atoms with Crippen LogP contribution >= 0.6 is 0 Å². The van der Waals surface area contributed by atoms with Crippen molar-refractivity contribution in [3.8, 4) is 5.75 Å². The molecular formula is C14H12F6N2O3. The van der Waals surface area contributed by atoms with Crippen molar-refractivity contribution in [2.75, 3.05) is 6.61 Å². The van der Waals surface area contributed by atoms with Gasteiger partial charge in [0.2, 0.25) is 0 Å². The third-order valence-corrected chi connectivity index (χ3v) is 3.26. The van der Waals surface area contributed by atoms with E-state index in [-0.39, 0.29) is 22.5 Å². The number of aromatic nitrogens is 2. The van der Waals surface area contributed by atoms with Crippen LogP contribution in [0.4, 0.5) is 26.3 Å². The number of fused-ring (bicyclic) bond motifs is 1. The Hall–Kier alpha value is -2.46. The molecule has 0 unspecified atom stereocenters. The number of hydrogen-bond donors (Lipinski definition) is 1. The Morgan fingerprint density at radius 3 is 2.32 bits per heavy atom. The topological polar surface area (TPSA) is 63.8 Å². The number of carbonyl (C=O) groups is 1. The molecule has 2 aromatic rings. The Morgan fingerprint density at radius 2 is 1.76 bits per heavy atom. The maximum atomic E-state index is 12.5. The fraction of sp³-hybridized carbons (Fsp3) is 0.429. The Labute approximate surface area is 136 Å². The average molecular weight is 370 g/mol. The summed E-state index contributed by atoms with van der Waals surface area (Å²) in [6.07, 6.45) is -11.2. The van der Waals surface area contributed by atoms with E-state index in [9.17, 15) is 31.1 Å². The van der Waals surface area contributed by atoms with Crippen molar-refractivity contribution in [2.45, 2.75) is 31.6 Å². The zero-order chi connectivity index (χ0) is 18.8. The number of carboxylic acids is 1. The van der Waals surface area contributed by atoms with E-state index < -0.39 is 44.2 Å². The molecule has 2 aromatic heterocycles. The van der Waals surface area contributed by atoms with Gasteiger partial charge in [-0.05, 0) is 12.1 Å². The molecule has 25 heavy (non-hydrogen) atoms. The molecule has 0 aliphatic rings. The second-order valence-corrected chi connectivity index (χ2v) is 5.13. The predicted molar refractivity (Wildman–Crippen MR) is 72.7 cm³/mol. The number of aryl methyl sites for hydroxylation is 1. The van der Waals surface area contributed by atoms with E-state index in [4.69, 9.17) is 9.84 Å². The van der Waals surface area contributed by atoms with Gasteiger partial charge in [-0.1, -0.05) is 0 Å². The summed E-state index contributed by atoms with van der Waals surface area (Å²) in [7, 11) is 0. The molecule has 5 nitrogen and oxygen atoms in total. The lowest BCUT2D eigenvalue weighted by molar-refractivity contribution is -0.139. The summed E-state index contributed by atoms with van der Waals surface area (Å²) in [5, 5.41) is 12.8. The molecule has 0 aromatic carbocycles. The van der Waals surface area contributed by atoms with E-state index in [0.29, 0.717) is 0 Å². The maximum absolute atomic E-state index is 12.5. The van der Waals surface area contributed by atoms with Crippen LogP contribution in [0.1, 0.15) is 28.9 Å². The van der Waals surface area contributed by atoms with E-state index >= 15 is 0 Å². The number of aromatic carboxylic acids is 1. The van der Waals surface area contributed by atoms with Gasteiger partial charge >= 0.3 is 18.3 Å². The van der Waals surface area contributed by atoms with Crippen molar-refractivity contribution < 1.29 is 41.0 Å². The van der Waals surface area contributed by atoms with Crippen LogP contribution in [0.5, 0.6) is 5.75 Å². The van der Waals surface area contributed by atoms with Gasteiger partial charge < -0.3 is 9.84 Å². The molecule has 0 spiro atoms. The van der Waals surface area contributed by atoms with Gasteiger partial charge in [0.25, 0.3) is 0 Å². The van der Waals surface area contributed by atoms with Gasteiger partial charge in [0.15, 0.2) is 0 Å². The van der Waals surface area contributed by atoms with Crippen LogP contribution in [0.15, 0.2) is 18.3 Å². The molecule has 0 fully saturated rings. The van der Waals surface area contributed by atoms with Gasteiger partial charge in [-0.3, -0.25) is 0 Å². The lowest BCUT2D eigenvalue weighted by Gasteiger charge is -2.15. The molecule has 0 aliphatic heterocycles. The largest absolute Gasteiger partial charge is 0.491 e. The second-order valence-electron chi connectivity index (χ2n) is 5.13. The molecule has 0 saturated carbocycles. The molecule has 0 radical (unpaired) electrons. The standard InChI is InChI=1S/C14H12F6N2O3/c15-13(16,17)4-3-10-11(25-6-5-14(18,19)20)2-1-9-8(12(23)24)7-21-22(9)10/h1-2,7H,3-6H2,(H,23,24). The second kappa shape index (κ2) is 6.81. The van der Waals surface area contributed by atoms with Crippen LogP contribution < -0.4 is 4.74 Å². The first-order valence-corrected chi connectivity index (χ1v) is 6.97. The summed E-state index contributed by atoms with van der Waals surface area (Å²) in [5.74, 6) is -1.54. The normalized spacial score (nSPS) is 12.6. The highest BCUT2D eigenvalue weighted by molar-refractivity contribution is 5.95. The van der Waals surface area contributed by atoms with E-state index in [0.717, 1.165) is 16.8 Å². The van der Waals surface area contributed by atoms with E-state index in [2.05, 4.69) is 5.10 Å². The molecule has 2 heterocycles. The van der Waals surface area contributed by atoms with Crippen LogP contribution in [-0.4, -0.2) is 39.6 Å². The Balaban J connectivity index is 2.36. The number of pyridine rings is 1. The lowest BCUT2D eigenvalue weighted by Crippen LogP contribution is -2.15. The number of hydrogen-bond acceptors (Lipinski definition) is 3. The van der Waals surface area contributed by atoms with Crippen molar-refractivity contribution in [3.05, 3.63) is 29.6 Å². The monoisotopic (exact) mass is 370 g/mol. The summed E-state index contributed by atoms with van der Waals surface area (Å²) in [6.45, 7) is -0.777. The zero-order valence-corrected chi connectivity index (χ0v) is 12.5. The SMILES string of the molecule is O=C(O)c1cnn2c(CCC(F)(F)F)c(OCCC(F)(F)F)ccc12. The highest BCUT2D eigenvalue weighted by atomic mass is 19.4. The van der Waals surface area contributed by atoms with Gasteiger partial charge in [-0.25, -0.2) is 9.31 Å². The summed E-state index contributed by atoms with van der Waals surface area (Å²) < 4.78 is 80.0. The fourth-order valence-electron chi connectivity index (χ4n) is 2.15. The Bertz CT molecular complexity index is 766. The minimum Gasteiger partial charge on any atom is -0.491 e. The van der Waals surface area contributed by atoms with Crippen molar-refractivity contribution in [1.29, 1.82) is 0 Å². The molecule has 0 saturated heterocycles. The first-order valence-electron chi connectivity index (χ1n) is 6.97. The first kappa shape index (κ1) is 18.9. The molecule has 11 heteroatoms. The van der Waals surface area contributed by atoms with Gasteiger partial charge in [-0.2, -0.15) is 31.4 Å². The molecule has 2 rings (SSSR count). The van der Waals surface area contributed by atoms with E-state index in [1.807, 2.05) is 0 Å². The number of nitrogens with zero attached hydrogens (tertiary/aromatic N) is 2. The number of alkyl halides is 6. The minimum atomic E-state index is -4.51. The molecular weight excluding hydrogens is 358 g/mol. The van der Waals surface area contributed by atoms with Crippen LogP contribution in [0.3, 0.4) is 0 Å². The minimum absolute atomic E-state index is 0.0212. The van der Waals surface area contributed by atoms with Gasteiger partial charge in [0.1, 0.15) is 11.3 Å². The maximum Gasteiger partial charge on any atom is 0.392 e. The van der Waals surface area contributed by atoms with Crippen molar-refractivity contribution in [2.24, 2.45) is 0 Å². The highest BCUT2D eigenvalue weighted by Gasteiger charge is 2.30. The quantitative estimate of drug-likeness (QED) is 0.785. The molecule has 138 valence electrons. The Morgan fingerprint density at radius 1 is 1.12 bits per heavy atom. The van der Waals surface area contributed by atoms with Crippen LogP contribution in [-0.2, 0) is 6.42 Å². The van der Waals surface area contributed by atoms with E-state index in [1.54, 1.807) is 0 Å².